The molecule has 1 saturated heterocycles. The highest BCUT2D eigenvalue weighted by Gasteiger charge is 2.26. The summed E-state index contributed by atoms with van der Waals surface area (Å²) in [4.78, 5) is 24.4. The Bertz CT molecular complexity index is 1370. The van der Waals surface area contributed by atoms with E-state index in [2.05, 4.69) is 10.00 Å². The number of nitrogens with zero attached hydrogens (tertiary/aromatic N) is 5. The maximum atomic E-state index is 12.8. The van der Waals surface area contributed by atoms with Gasteiger partial charge in [0.2, 0.25) is 11.8 Å². The topological polar surface area (TPSA) is 82.4 Å². The molecule has 3 heterocycles. The normalized spacial score (nSPS) is 18.1. The summed E-state index contributed by atoms with van der Waals surface area (Å²) < 4.78 is 13.8. The van der Waals surface area contributed by atoms with E-state index in [0.29, 0.717) is 48.3 Å². The quantitative estimate of drug-likeness (QED) is 0.383. The number of aromatic nitrogens is 4. The number of morpholine rings is 1. The summed E-state index contributed by atoms with van der Waals surface area (Å²) in [6.07, 6.45) is 2.30. The number of rotatable bonds is 6. The molecule has 8 heteroatoms. The third-order valence-electron chi connectivity index (χ3n) is 5.97. The molecule has 4 aromatic rings. The molecule has 0 aliphatic carbocycles. The van der Waals surface area contributed by atoms with Crippen LogP contribution >= 0.6 is 0 Å². The van der Waals surface area contributed by atoms with Crippen molar-refractivity contribution in [3.05, 3.63) is 71.4 Å². The Balaban J connectivity index is 1.42. The van der Waals surface area contributed by atoms with Crippen LogP contribution in [0, 0.1) is 6.92 Å². The lowest BCUT2D eigenvalue weighted by Crippen LogP contribution is -2.46. The van der Waals surface area contributed by atoms with Crippen molar-refractivity contribution >= 4 is 22.8 Å². The van der Waals surface area contributed by atoms with E-state index < -0.39 is 0 Å². The van der Waals surface area contributed by atoms with Crippen LogP contribution in [-0.2, 0) is 18.2 Å². The Hall–Kier alpha value is -3.78. The molecule has 0 amide bonds. The molecule has 1 fully saturated rings. The summed E-state index contributed by atoms with van der Waals surface area (Å²) in [5, 5.41) is 5.22. The summed E-state index contributed by atoms with van der Waals surface area (Å²) in [5.74, 6) is 1.68. The predicted octanol–water partition coefficient (Wildman–Crippen LogP) is 4.50. The van der Waals surface area contributed by atoms with Gasteiger partial charge in [-0.2, -0.15) is 15.1 Å². The fraction of sp³-hybridized carbons (Fsp3) is 0.333. The highest BCUT2D eigenvalue weighted by atomic mass is 16.5. The van der Waals surface area contributed by atoms with Crippen molar-refractivity contribution in [1.29, 1.82) is 0 Å². The van der Waals surface area contributed by atoms with Gasteiger partial charge in [-0.15, -0.1) is 0 Å². The molecule has 0 radical (unpaired) electrons. The standard InChI is InChI=1S/C27H29N5O3/c1-17-7-5-9-21(11-17)24(33)13-20-8-6-10-22(12-20)35-26-23-16-31(4)30-25(23)28-27(29-26)32-14-18(2)34-19(3)15-32/h5-12,16,18-19H,13-15H2,1-4H3. The Labute approximate surface area is 204 Å². The van der Waals surface area contributed by atoms with E-state index in [4.69, 9.17) is 19.4 Å². The summed E-state index contributed by atoms with van der Waals surface area (Å²) in [6.45, 7) is 7.46. The number of fused-ring (bicyclic) bond motifs is 1. The molecule has 35 heavy (non-hydrogen) atoms. The lowest BCUT2D eigenvalue weighted by molar-refractivity contribution is -0.00573. The molecule has 0 spiro atoms. The maximum absolute atomic E-state index is 12.8. The minimum absolute atomic E-state index is 0.0698. The number of hydrogen-bond acceptors (Lipinski definition) is 7. The molecule has 2 aromatic heterocycles. The fourth-order valence-electron chi connectivity index (χ4n) is 4.48. The Morgan fingerprint density at radius 3 is 2.63 bits per heavy atom. The van der Waals surface area contributed by atoms with Crippen LogP contribution in [0.3, 0.4) is 0 Å². The van der Waals surface area contributed by atoms with Crippen molar-refractivity contribution in [2.45, 2.75) is 39.4 Å². The smallest absolute Gasteiger partial charge is 0.235 e. The lowest BCUT2D eigenvalue weighted by Gasteiger charge is -2.35. The van der Waals surface area contributed by atoms with Gasteiger partial charge in [0.25, 0.3) is 0 Å². The van der Waals surface area contributed by atoms with E-state index in [0.717, 1.165) is 16.5 Å². The van der Waals surface area contributed by atoms with Crippen molar-refractivity contribution in [3.8, 4) is 11.6 Å². The second-order valence-corrected chi connectivity index (χ2v) is 9.25. The molecule has 0 bridgehead atoms. The minimum Gasteiger partial charge on any atom is -0.438 e. The van der Waals surface area contributed by atoms with Gasteiger partial charge in [-0.05, 0) is 44.5 Å². The molecule has 0 saturated carbocycles. The molecule has 1 aliphatic heterocycles. The van der Waals surface area contributed by atoms with Crippen LogP contribution in [0.4, 0.5) is 5.95 Å². The first-order chi connectivity index (χ1) is 16.8. The molecular weight excluding hydrogens is 442 g/mol. The van der Waals surface area contributed by atoms with E-state index in [1.54, 1.807) is 4.68 Å². The van der Waals surface area contributed by atoms with Crippen LogP contribution in [0.1, 0.15) is 35.3 Å². The zero-order valence-corrected chi connectivity index (χ0v) is 20.4. The number of carbonyl (C=O) groups is 1. The average molecular weight is 472 g/mol. The molecule has 2 atom stereocenters. The molecule has 0 N–H and O–H groups in total. The van der Waals surface area contributed by atoms with Gasteiger partial charge in [0.05, 0.1) is 12.2 Å². The van der Waals surface area contributed by atoms with Gasteiger partial charge in [0.15, 0.2) is 11.4 Å². The fourth-order valence-corrected chi connectivity index (χ4v) is 4.48. The molecule has 5 rings (SSSR count). The van der Waals surface area contributed by atoms with E-state index in [1.807, 2.05) is 82.5 Å². The summed E-state index contributed by atoms with van der Waals surface area (Å²) in [7, 11) is 1.85. The van der Waals surface area contributed by atoms with Crippen LogP contribution < -0.4 is 9.64 Å². The number of carbonyl (C=O) groups excluding carboxylic acids is 1. The zero-order chi connectivity index (χ0) is 24.5. The number of ketones is 1. The molecule has 2 aromatic carbocycles. The average Bonchev–Trinajstić information content (AvgIpc) is 3.19. The Morgan fingerprint density at radius 2 is 1.86 bits per heavy atom. The van der Waals surface area contributed by atoms with Gasteiger partial charge < -0.3 is 14.4 Å². The van der Waals surface area contributed by atoms with E-state index in [9.17, 15) is 4.79 Å². The van der Waals surface area contributed by atoms with Crippen molar-refractivity contribution in [2.24, 2.45) is 7.05 Å². The Morgan fingerprint density at radius 1 is 1.09 bits per heavy atom. The highest BCUT2D eigenvalue weighted by molar-refractivity contribution is 5.97. The van der Waals surface area contributed by atoms with Crippen LogP contribution in [-0.4, -0.2) is 50.8 Å². The summed E-state index contributed by atoms with van der Waals surface area (Å²) in [6, 6.07) is 15.2. The molecule has 1 aliphatic rings. The van der Waals surface area contributed by atoms with E-state index in [-0.39, 0.29) is 18.0 Å². The van der Waals surface area contributed by atoms with Gasteiger partial charge in [-0.1, -0.05) is 35.9 Å². The third kappa shape index (κ3) is 5.17. The van der Waals surface area contributed by atoms with Crippen molar-refractivity contribution < 1.29 is 14.3 Å². The molecule has 8 nitrogen and oxygen atoms in total. The summed E-state index contributed by atoms with van der Waals surface area (Å²) >= 11 is 0. The van der Waals surface area contributed by atoms with Crippen LogP contribution in [0.25, 0.3) is 11.0 Å². The number of aryl methyl sites for hydroxylation is 2. The lowest BCUT2D eigenvalue weighted by atomic mass is 10.0. The van der Waals surface area contributed by atoms with Gasteiger partial charge in [0, 0.05) is 38.3 Å². The zero-order valence-electron chi connectivity index (χ0n) is 20.4. The predicted molar refractivity (Wildman–Crippen MR) is 134 cm³/mol. The molecular formula is C27H29N5O3. The first-order valence-corrected chi connectivity index (χ1v) is 11.8. The first-order valence-electron chi connectivity index (χ1n) is 11.8. The van der Waals surface area contributed by atoms with E-state index in [1.165, 1.54) is 0 Å². The maximum Gasteiger partial charge on any atom is 0.235 e. The third-order valence-corrected chi connectivity index (χ3v) is 5.97. The van der Waals surface area contributed by atoms with Gasteiger partial charge in [-0.25, -0.2) is 0 Å². The van der Waals surface area contributed by atoms with Crippen LogP contribution in [0.15, 0.2) is 54.7 Å². The second kappa shape index (κ2) is 9.46. The van der Waals surface area contributed by atoms with Gasteiger partial charge >= 0.3 is 0 Å². The highest BCUT2D eigenvalue weighted by Crippen LogP contribution is 2.30. The largest absolute Gasteiger partial charge is 0.438 e. The number of hydrogen-bond donors (Lipinski definition) is 0. The monoisotopic (exact) mass is 471 g/mol. The number of benzene rings is 2. The number of anilines is 1. The van der Waals surface area contributed by atoms with Crippen molar-refractivity contribution in [1.82, 2.24) is 19.7 Å². The Kier molecular flexibility index (Phi) is 6.21. The molecule has 180 valence electrons. The first kappa shape index (κ1) is 23.0. The van der Waals surface area contributed by atoms with Gasteiger partial charge in [0.1, 0.15) is 11.1 Å². The van der Waals surface area contributed by atoms with Crippen molar-refractivity contribution in [2.75, 3.05) is 18.0 Å². The van der Waals surface area contributed by atoms with E-state index >= 15 is 0 Å². The molecule has 2 unspecified atom stereocenters. The second-order valence-electron chi connectivity index (χ2n) is 9.25. The van der Waals surface area contributed by atoms with Crippen molar-refractivity contribution in [3.63, 3.8) is 0 Å². The summed E-state index contributed by atoms with van der Waals surface area (Å²) in [5.41, 5.74) is 3.23. The number of ether oxygens (including phenoxy) is 2. The minimum atomic E-state index is 0.0698. The number of Topliss-reactive ketones (excluding diaryl/α,β-unsaturated/α-hetero) is 1. The SMILES string of the molecule is Cc1cccc(C(=O)Cc2cccc(Oc3nc(N4CC(C)OC(C)C4)nc4nn(C)cc34)c2)c1. The van der Waals surface area contributed by atoms with Crippen LogP contribution in [0.2, 0.25) is 0 Å². The van der Waals surface area contributed by atoms with Gasteiger partial charge in [-0.3, -0.25) is 9.48 Å². The van der Waals surface area contributed by atoms with Crippen LogP contribution in [0.5, 0.6) is 11.6 Å².